The number of nitro benzene ring substituents is 1. The van der Waals surface area contributed by atoms with Crippen LogP contribution in [0.1, 0.15) is 23.7 Å². The second-order valence-corrected chi connectivity index (χ2v) is 4.66. The Hall–Kier alpha value is -2.09. The lowest BCUT2D eigenvalue weighted by Crippen LogP contribution is -2.45. The molecule has 0 radical (unpaired) electrons. The number of amides is 1. The van der Waals surface area contributed by atoms with Crippen molar-refractivity contribution in [2.45, 2.75) is 19.4 Å². The molecule has 114 valence electrons. The number of morpholine rings is 1. The summed E-state index contributed by atoms with van der Waals surface area (Å²) in [5, 5.41) is 10.7. The average molecular weight is 300 g/mol. The summed E-state index contributed by atoms with van der Waals surface area (Å²) in [4.78, 5) is 23.2. The summed E-state index contributed by atoms with van der Waals surface area (Å²) >= 11 is 0. The van der Waals surface area contributed by atoms with Gasteiger partial charge in [0.15, 0.2) is 0 Å². The van der Waals surface area contributed by atoms with Gasteiger partial charge in [0.1, 0.15) is 11.4 Å². The number of halogens is 2. The van der Waals surface area contributed by atoms with Crippen LogP contribution in [-0.4, -0.2) is 41.5 Å². The number of nitrogens with zero attached hydrogens (tertiary/aromatic N) is 2. The molecule has 1 heterocycles. The van der Waals surface area contributed by atoms with Crippen LogP contribution in [0.4, 0.5) is 14.5 Å². The van der Waals surface area contributed by atoms with Crippen LogP contribution in [-0.2, 0) is 4.74 Å². The minimum Gasteiger partial charge on any atom is -0.375 e. The van der Waals surface area contributed by atoms with E-state index in [1.807, 2.05) is 6.92 Å². The van der Waals surface area contributed by atoms with Gasteiger partial charge in [-0.25, -0.2) is 4.39 Å². The first-order valence-corrected chi connectivity index (χ1v) is 6.49. The molecule has 1 aromatic rings. The molecule has 1 fully saturated rings. The topological polar surface area (TPSA) is 72.7 Å². The average Bonchev–Trinajstić information content (AvgIpc) is 2.46. The van der Waals surface area contributed by atoms with Crippen LogP contribution in [0.15, 0.2) is 12.1 Å². The Labute approximate surface area is 119 Å². The summed E-state index contributed by atoms with van der Waals surface area (Å²) in [6, 6.07) is 1.43. The van der Waals surface area contributed by atoms with E-state index in [0.29, 0.717) is 12.5 Å². The van der Waals surface area contributed by atoms with Crippen LogP contribution in [0.5, 0.6) is 0 Å². The molecule has 0 spiro atoms. The maximum absolute atomic E-state index is 14.0. The van der Waals surface area contributed by atoms with Gasteiger partial charge in [-0.05, 0) is 12.5 Å². The number of hydrogen-bond donors (Lipinski definition) is 0. The van der Waals surface area contributed by atoms with Crippen molar-refractivity contribution in [3.05, 3.63) is 39.4 Å². The van der Waals surface area contributed by atoms with Crippen LogP contribution in [0.3, 0.4) is 0 Å². The molecular weight excluding hydrogens is 286 g/mol. The number of nitro groups is 1. The third-order valence-electron chi connectivity index (χ3n) is 3.36. The highest BCUT2D eigenvalue weighted by molar-refractivity contribution is 5.95. The minimum atomic E-state index is -1.44. The highest BCUT2D eigenvalue weighted by atomic mass is 19.1. The van der Waals surface area contributed by atoms with Crippen molar-refractivity contribution in [2.24, 2.45) is 0 Å². The largest absolute Gasteiger partial charge is 0.375 e. The molecule has 1 unspecified atom stereocenters. The monoisotopic (exact) mass is 300 g/mol. The Morgan fingerprint density at radius 2 is 2.24 bits per heavy atom. The van der Waals surface area contributed by atoms with Crippen molar-refractivity contribution in [1.29, 1.82) is 0 Å². The smallest absolute Gasteiger partial charge is 0.305 e. The predicted molar refractivity (Wildman–Crippen MR) is 68.9 cm³/mol. The van der Waals surface area contributed by atoms with E-state index in [1.54, 1.807) is 0 Å². The summed E-state index contributed by atoms with van der Waals surface area (Å²) in [5.41, 5.74) is -1.80. The molecule has 0 aromatic heterocycles. The molecule has 0 N–H and O–H groups in total. The summed E-state index contributed by atoms with van der Waals surface area (Å²) in [6.07, 6.45) is 0.455. The van der Waals surface area contributed by atoms with E-state index in [0.717, 1.165) is 6.07 Å². The summed E-state index contributed by atoms with van der Waals surface area (Å²) in [5.74, 6) is -3.44. The van der Waals surface area contributed by atoms with Gasteiger partial charge in [-0.2, -0.15) is 4.39 Å². The van der Waals surface area contributed by atoms with Gasteiger partial charge in [-0.1, -0.05) is 6.92 Å². The highest BCUT2D eigenvalue weighted by Gasteiger charge is 2.31. The fourth-order valence-electron chi connectivity index (χ4n) is 2.19. The van der Waals surface area contributed by atoms with E-state index in [9.17, 15) is 23.7 Å². The zero-order chi connectivity index (χ0) is 15.6. The maximum Gasteiger partial charge on any atom is 0.305 e. The highest BCUT2D eigenvalue weighted by Crippen LogP contribution is 2.25. The molecule has 1 atom stereocenters. The number of carbonyl (C=O) groups excluding carboxylic acids is 1. The second-order valence-electron chi connectivity index (χ2n) is 4.66. The molecule has 8 heteroatoms. The van der Waals surface area contributed by atoms with Crippen LogP contribution in [0, 0.1) is 21.7 Å². The van der Waals surface area contributed by atoms with Crippen LogP contribution in [0.2, 0.25) is 0 Å². The lowest BCUT2D eigenvalue weighted by Gasteiger charge is -2.32. The van der Waals surface area contributed by atoms with E-state index in [2.05, 4.69) is 0 Å². The molecule has 1 aliphatic rings. The van der Waals surface area contributed by atoms with Gasteiger partial charge in [0.05, 0.1) is 17.6 Å². The molecule has 0 aliphatic carbocycles. The number of hydrogen-bond acceptors (Lipinski definition) is 4. The predicted octanol–water partition coefficient (Wildman–Crippen LogP) is 2.12. The number of ether oxygens (including phenoxy) is 1. The molecule has 2 rings (SSSR count). The fourth-order valence-corrected chi connectivity index (χ4v) is 2.19. The fraction of sp³-hybridized carbons (Fsp3) is 0.462. The molecular formula is C13H14F2N2O4. The van der Waals surface area contributed by atoms with E-state index in [1.165, 1.54) is 4.90 Å². The molecule has 1 aromatic carbocycles. The minimum absolute atomic E-state index is 0.191. The first kappa shape index (κ1) is 15.3. The van der Waals surface area contributed by atoms with Gasteiger partial charge < -0.3 is 9.64 Å². The lowest BCUT2D eigenvalue weighted by molar-refractivity contribution is -0.387. The Morgan fingerprint density at radius 3 is 2.86 bits per heavy atom. The molecule has 21 heavy (non-hydrogen) atoms. The number of carbonyl (C=O) groups is 1. The molecule has 0 saturated carbocycles. The normalized spacial score (nSPS) is 18.6. The summed E-state index contributed by atoms with van der Waals surface area (Å²) < 4.78 is 33.1. The summed E-state index contributed by atoms with van der Waals surface area (Å²) in [7, 11) is 0. The van der Waals surface area contributed by atoms with E-state index < -0.39 is 33.7 Å². The SMILES string of the molecule is CCC1CN(C(=O)c2c(F)ccc([N+](=O)[O-])c2F)CCO1. The van der Waals surface area contributed by atoms with Gasteiger partial charge in [0, 0.05) is 19.2 Å². The zero-order valence-corrected chi connectivity index (χ0v) is 11.3. The Morgan fingerprint density at radius 1 is 1.52 bits per heavy atom. The number of rotatable bonds is 3. The van der Waals surface area contributed by atoms with Crippen LogP contribution in [0.25, 0.3) is 0 Å². The summed E-state index contributed by atoms with van der Waals surface area (Å²) in [6.45, 7) is 2.53. The van der Waals surface area contributed by atoms with Crippen molar-refractivity contribution in [3.8, 4) is 0 Å². The van der Waals surface area contributed by atoms with Crippen molar-refractivity contribution >= 4 is 11.6 Å². The Kier molecular flexibility index (Phi) is 4.46. The quantitative estimate of drug-likeness (QED) is 0.633. The van der Waals surface area contributed by atoms with Crippen molar-refractivity contribution in [1.82, 2.24) is 4.90 Å². The van der Waals surface area contributed by atoms with Gasteiger partial charge >= 0.3 is 5.69 Å². The van der Waals surface area contributed by atoms with E-state index >= 15 is 0 Å². The standard InChI is InChI=1S/C13H14F2N2O4/c1-2-8-7-16(5-6-21-8)13(18)11-9(14)3-4-10(12(11)15)17(19)20/h3-4,8H,2,5-7H2,1H3. The van der Waals surface area contributed by atoms with E-state index in [4.69, 9.17) is 4.74 Å². The Balaban J connectivity index is 2.34. The first-order valence-electron chi connectivity index (χ1n) is 6.49. The van der Waals surface area contributed by atoms with Gasteiger partial charge in [0.25, 0.3) is 5.91 Å². The molecule has 6 nitrogen and oxygen atoms in total. The first-order chi connectivity index (χ1) is 9.95. The third kappa shape index (κ3) is 2.99. The number of benzene rings is 1. The van der Waals surface area contributed by atoms with Gasteiger partial charge in [-0.3, -0.25) is 14.9 Å². The van der Waals surface area contributed by atoms with Crippen molar-refractivity contribution in [2.75, 3.05) is 19.7 Å². The zero-order valence-electron chi connectivity index (χ0n) is 11.3. The van der Waals surface area contributed by atoms with Gasteiger partial charge in [0.2, 0.25) is 5.82 Å². The maximum atomic E-state index is 14.0. The Bertz CT molecular complexity index is 580. The van der Waals surface area contributed by atoms with E-state index in [-0.39, 0.29) is 25.8 Å². The molecule has 0 bridgehead atoms. The van der Waals surface area contributed by atoms with Crippen LogP contribution < -0.4 is 0 Å². The van der Waals surface area contributed by atoms with Crippen LogP contribution >= 0.6 is 0 Å². The van der Waals surface area contributed by atoms with Crippen molar-refractivity contribution in [3.63, 3.8) is 0 Å². The third-order valence-corrected chi connectivity index (χ3v) is 3.36. The lowest BCUT2D eigenvalue weighted by atomic mass is 10.1. The molecule has 1 amide bonds. The second kappa shape index (κ2) is 6.13. The molecule has 1 aliphatic heterocycles. The van der Waals surface area contributed by atoms with Crippen molar-refractivity contribution < 1.29 is 23.2 Å². The van der Waals surface area contributed by atoms with Gasteiger partial charge in [-0.15, -0.1) is 0 Å². The molecule has 1 saturated heterocycles.